The molecule has 0 radical (unpaired) electrons. The number of allylic oxidation sites excluding steroid dienone is 2. The third-order valence-electron chi connectivity index (χ3n) is 3.43. The highest BCUT2D eigenvalue weighted by atomic mass is 35.5. The molecule has 1 aliphatic carbocycles. The molecule has 0 nitrogen and oxygen atoms in total. The van der Waals surface area contributed by atoms with Crippen molar-refractivity contribution in [3.05, 3.63) is 71.0 Å². The van der Waals surface area contributed by atoms with Gasteiger partial charge in [0.2, 0.25) is 0 Å². The van der Waals surface area contributed by atoms with Crippen LogP contribution in [0.2, 0.25) is 0 Å². The van der Waals surface area contributed by atoms with Crippen molar-refractivity contribution in [1.82, 2.24) is 0 Å². The van der Waals surface area contributed by atoms with Crippen molar-refractivity contribution in [1.29, 1.82) is 0 Å². The fourth-order valence-electron chi connectivity index (χ4n) is 2.31. The van der Waals surface area contributed by atoms with Gasteiger partial charge in [-0.1, -0.05) is 72.3 Å². The predicted octanol–water partition coefficient (Wildman–Crippen LogP) is 4.85. The Morgan fingerprint density at radius 3 is 1.45 bits per heavy atom. The molecule has 0 atom stereocenters. The molecule has 0 saturated carbocycles. The van der Waals surface area contributed by atoms with Gasteiger partial charge in [0, 0.05) is 0 Å². The normalized spacial score (nSPS) is 19.2. The van der Waals surface area contributed by atoms with E-state index in [0.717, 1.165) is 0 Å². The van der Waals surface area contributed by atoms with Crippen LogP contribution in [0.1, 0.15) is 0 Å². The minimum Gasteiger partial charge on any atom is -0.194 e. The number of rotatable bonds is 3. The Morgan fingerprint density at radius 2 is 1.09 bits per heavy atom. The zero-order chi connectivity index (χ0) is 16.0. The summed E-state index contributed by atoms with van der Waals surface area (Å²) in [6.07, 6.45) is 0. The topological polar surface area (TPSA) is 0 Å². The lowest BCUT2D eigenvalue weighted by atomic mass is 10.00. The summed E-state index contributed by atoms with van der Waals surface area (Å²) in [5.41, 5.74) is 0. The van der Waals surface area contributed by atoms with Gasteiger partial charge >= 0.3 is 11.8 Å². The molecule has 3 rings (SSSR count). The Bertz CT molecular complexity index is 674. The summed E-state index contributed by atoms with van der Waals surface area (Å²) < 4.78 is 54.8. The minimum absolute atomic E-state index is 0.562. The molecule has 0 bridgehead atoms. The lowest BCUT2D eigenvalue weighted by Crippen LogP contribution is -2.52. The van der Waals surface area contributed by atoms with Crippen LogP contribution in [0.25, 0.3) is 0 Å². The van der Waals surface area contributed by atoms with E-state index >= 15 is 0 Å². The zero-order valence-corrected chi connectivity index (χ0v) is 12.8. The van der Waals surface area contributed by atoms with E-state index in [1.54, 1.807) is 60.7 Å². The van der Waals surface area contributed by atoms with Crippen LogP contribution in [-0.4, -0.2) is 11.8 Å². The maximum absolute atomic E-state index is 14.0. The van der Waals surface area contributed by atoms with Crippen LogP contribution in [0, 0.1) is 0 Å². The Kier molecular flexibility index (Phi) is 3.78. The molecule has 114 valence electrons. The van der Waals surface area contributed by atoms with E-state index in [2.05, 4.69) is 0 Å². The Balaban J connectivity index is 2.19. The summed E-state index contributed by atoms with van der Waals surface area (Å²) >= 11 is 5.55. The average Bonchev–Trinajstić information content (AvgIpc) is 2.53. The lowest BCUT2D eigenvalue weighted by Gasteiger charge is -2.42. The number of hydrogen-bond acceptors (Lipinski definition) is 0. The van der Waals surface area contributed by atoms with Crippen molar-refractivity contribution in [2.24, 2.45) is 0 Å². The van der Waals surface area contributed by atoms with E-state index in [0.29, 0.717) is 10.6 Å². The van der Waals surface area contributed by atoms with E-state index in [9.17, 15) is 17.6 Å². The first-order valence-electron chi connectivity index (χ1n) is 6.44. The lowest BCUT2D eigenvalue weighted by molar-refractivity contribution is -0.177. The molecule has 22 heavy (non-hydrogen) atoms. The van der Waals surface area contributed by atoms with Crippen LogP contribution in [0.5, 0.6) is 0 Å². The molecule has 0 aliphatic heterocycles. The fraction of sp³-hybridized carbons (Fsp3) is 0.125. The smallest absolute Gasteiger partial charge is 0.194 e. The maximum Gasteiger partial charge on any atom is 0.350 e. The number of alkyl halides is 4. The molecule has 2 aromatic rings. The average molecular weight is 345 g/mol. The van der Waals surface area contributed by atoms with Crippen molar-refractivity contribution in [3.8, 4) is 0 Å². The monoisotopic (exact) mass is 344 g/mol. The van der Waals surface area contributed by atoms with Crippen LogP contribution in [0.3, 0.4) is 0 Å². The summed E-state index contributed by atoms with van der Waals surface area (Å²) in [4.78, 5) is 0. The molecule has 1 aliphatic rings. The van der Waals surface area contributed by atoms with Crippen molar-refractivity contribution >= 4 is 30.1 Å². The van der Waals surface area contributed by atoms with E-state index in [1.807, 2.05) is 0 Å². The maximum atomic E-state index is 14.0. The summed E-state index contributed by atoms with van der Waals surface area (Å²) in [7, 11) is -1.79. The van der Waals surface area contributed by atoms with Gasteiger partial charge in [-0.05, 0) is 18.5 Å². The molecular weight excluding hydrogens is 335 g/mol. The van der Waals surface area contributed by atoms with Crippen molar-refractivity contribution in [2.75, 3.05) is 0 Å². The summed E-state index contributed by atoms with van der Waals surface area (Å²) in [5, 5.41) is -0.568. The van der Waals surface area contributed by atoms with Gasteiger partial charge in [0.05, 0.1) is 5.31 Å². The molecular formula is C16H10ClF4P. The van der Waals surface area contributed by atoms with Gasteiger partial charge in [-0.25, -0.2) is 0 Å². The van der Waals surface area contributed by atoms with Crippen LogP contribution < -0.4 is 10.6 Å². The van der Waals surface area contributed by atoms with Gasteiger partial charge < -0.3 is 0 Å². The largest absolute Gasteiger partial charge is 0.350 e. The molecule has 2 aromatic carbocycles. The van der Waals surface area contributed by atoms with Crippen LogP contribution >= 0.6 is 19.5 Å². The van der Waals surface area contributed by atoms with Crippen LogP contribution in [0.15, 0.2) is 71.0 Å². The van der Waals surface area contributed by atoms with Gasteiger partial charge in [0.25, 0.3) is 0 Å². The van der Waals surface area contributed by atoms with Gasteiger partial charge in [-0.15, -0.1) is 0 Å². The Labute approximate surface area is 131 Å². The number of benzene rings is 2. The van der Waals surface area contributed by atoms with Gasteiger partial charge in [-0.3, -0.25) is 0 Å². The van der Waals surface area contributed by atoms with Crippen LogP contribution in [0.4, 0.5) is 17.6 Å². The van der Waals surface area contributed by atoms with Gasteiger partial charge in [0.1, 0.15) is 5.03 Å². The quantitative estimate of drug-likeness (QED) is 0.551. The number of halogens is 5. The summed E-state index contributed by atoms with van der Waals surface area (Å²) in [5.74, 6) is -8.50. The second-order valence-electron chi connectivity index (χ2n) is 4.82. The van der Waals surface area contributed by atoms with Crippen LogP contribution in [-0.2, 0) is 0 Å². The van der Waals surface area contributed by atoms with E-state index in [-0.39, 0.29) is 0 Å². The highest BCUT2D eigenvalue weighted by molar-refractivity contribution is 7.77. The second-order valence-corrected chi connectivity index (χ2v) is 7.35. The molecule has 0 heterocycles. The first-order chi connectivity index (χ1) is 10.4. The molecule has 0 amide bonds. The standard InChI is InChI=1S/C16H10ClF4P/c17-13-14(16(20,21)15(13,18)19)22(11-7-3-1-4-8-11)12-9-5-2-6-10-12/h1-10H. The Hall–Kier alpha value is -1.38. The van der Waals surface area contributed by atoms with Gasteiger partial charge in [-0.2, -0.15) is 17.6 Å². The number of hydrogen-bond donors (Lipinski definition) is 0. The molecule has 0 spiro atoms. The predicted molar refractivity (Wildman–Crippen MR) is 81.8 cm³/mol. The van der Waals surface area contributed by atoms with E-state index in [4.69, 9.17) is 11.6 Å². The van der Waals surface area contributed by atoms with Crippen molar-refractivity contribution in [2.45, 2.75) is 11.8 Å². The second kappa shape index (κ2) is 5.36. The van der Waals surface area contributed by atoms with Crippen molar-refractivity contribution in [3.63, 3.8) is 0 Å². The highest BCUT2D eigenvalue weighted by Crippen LogP contribution is 2.67. The van der Waals surface area contributed by atoms with Crippen molar-refractivity contribution < 1.29 is 17.6 Å². The highest BCUT2D eigenvalue weighted by Gasteiger charge is 2.72. The molecule has 0 unspecified atom stereocenters. The van der Waals surface area contributed by atoms with Gasteiger partial charge in [0.15, 0.2) is 0 Å². The zero-order valence-electron chi connectivity index (χ0n) is 11.1. The van der Waals surface area contributed by atoms with E-state index in [1.165, 1.54) is 0 Å². The Morgan fingerprint density at radius 1 is 0.682 bits per heavy atom. The summed E-state index contributed by atoms with van der Waals surface area (Å²) in [6.45, 7) is 0. The summed E-state index contributed by atoms with van der Waals surface area (Å²) in [6, 6.07) is 16.9. The first kappa shape index (κ1) is 15.5. The SMILES string of the molecule is FC1(F)C(Cl)=C(P(c2ccccc2)c2ccccc2)C1(F)F. The minimum atomic E-state index is -4.28. The molecule has 0 N–H and O–H groups in total. The third-order valence-corrected chi connectivity index (χ3v) is 6.57. The molecule has 0 fully saturated rings. The first-order valence-corrected chi connectivity index (χ1v) is 8.16. The fourth-order valence-corrected chi connectivity index (χ4v) is 5.31. The molecule has 0 aromatic heterocycles. The molecule has 6 heteroatoms. The van der Waals surface area contributed by atoms with E-state index < -0.39 is 30.1 Å². The third kappa shape index (κ3) is 2.17. The molecule has 0 saturated heterocycles.